The molecule has 0 fully saturated rings. The number of para-hydroxylation sites is 4. The summed E-state index contributed by atoms with van der Waals surface area (Å²) in [5, 5.41) is 2.53. The van der Waals surface area contributed by atoms with E-state index in [2.05, 4.69) is 251 Å². The van der Waals surface area contributed by atoms with Crippen molar-refractivity contribution in [3.8, 4) is 11.1 Å². The Morgan fingerprint density at radius 3 is 1.14 bits per heavy atom. The zero-order valence-corrected chi connectivity index (χ0v) is 32.6. The van der Waals surface area contributed by atoms with Crippen LogP contribution in [0.3, 0.4) is 0 Å². The van der Waals surface area contributed by atoms with Crippen LogP contribution in [-0.2, 0) is 0 Å². The highest BCUT2D eigenvalue weighted by Gasteiger charge is 2.22. The van der Waals surface area contributed by atoms with Crippen LogP contribution in [0.15, 0.2) is 237 Å². The van der Waals surface area contributed by atoms with Gasteiger partial charge in [-0.05, 0) is 120 Å². The van der Waals surface area contributed by atoms with Crippen molar-refractivity contribution in [3.63, 3.8) is 0 Å². The maximum atomic E-state index is 2.42. The third kappa shape index (κ3) is 6.87. The number of anilines is 9. The molecule has 0 atom stereocenters. The first-order valence-electron chi connectivity index (χ1n) is 19.6. The Labute approximate surface area is 343 Å². The first kappa shape index (κ1) is 35.0. The Bertz CT molecular complexity index is 2870. The second kappa shape index (κ2) is 15.6. The fourth-order valence-corrected chi connectivity index (χ4v) is 9.01. The van der Waals surface area contributed by atoms with E-state index in [1.165, 1.54) is 20.2 Å². The first-order chi connectivity index (χ1) is 28.8. The van der Waals surface area contributed by atoms with Crippen LogP contribution in [-0.4, -0.2) is 0 Å². The third-order valence-corrected chi connectivity index (χ3v) is 11.7. The zero-order chi connectivity index (χ0) is 38.7. The maximum Gasteiger partial charge on any atom is 0.0488 e. The Balaban J connectivity index is 1.23. The predicted molar refractivity (Wildman–Crippen MR) is 249 cm³/mol. The van der Waals surface area contributed by atoms with Gasteiger partial charge in [-0.2, -0.15) is 0 Å². The largest absolute Gasteiger partial charge is 0.310 e. The summed E-state index contributed by atoms with van der Waals surface area (Å²) in [5.74, 6) is 0. The first-order valence-corrected chi connectivity index (χ1v) is 20.4. The minimum atomic E-state index is 1.05. The molecule has 0 unspecified atom stereocenters. The van der Waals surface area contributed by atoms with Gasteiger partial charge in [-0.1, -0.05) is 127 Å². The summed E-state index contributed by atoms with van der Waals surface area (Å²) >= 11 is 1.84. The van der Waals surface area contributed by atoms with Crippen LogP contribution in [0.25, 0.3) is 31.3 Å². The van der Waals surface area contributed by atoms with E-state index in [1.54, 1.807) is 0 Å². The lowest BCUT2D eigenvalue weighted by Gasteiger charge is -2.31. The van der Waals surface area contributed by atoms with E-state index in [4.69, 9.17) is 0 Å². The van der Waals surface area contributed by atoms with Crippen LogP contribution >= 0.6 is 11.3 Å². The van der Waals surface area contributed by atoms with Gasteiger partial charge in [0.25, 0.3) is 0 Å². The minimum Gasteiger partial charge on any atom is -0.310 e. The van der Waals surface area contributed by atoms with Crippen LogP contribution in [0.4, 0.5) is 51.2 Å². The molecule has 1 heterocycles. The average molecular weight is 762 g/mol. The molecule has 1 aromatic heterocycles. The number of nitrogens with zero attached hydrogens (tertiary/aromatic N) is 3. The third-order valence-electron chi connectivity index (χ3n) is 10.5. The molecule has 0 bridgehead atoms. The quantitative estimate of drug-likeness (QED) is 0.137. The average Bonchev–Trinajstić information content (AvgIpc) is 3.67. The van der Waals surface area contributed by atoms with Crippen LogP contribution in [0.1, 0.15) is 0 Å². The molecule has 4 heteroatoms. The Hall–Kier alpha value is -7.40. The Morgan fingerprint density at radius 1 is 0.224 bits per heavy atom. The molecule has 3 nitrogen and oxygen atoms in total. The summed E-state index contributed by atoms with van der Waals surface area (Å²) in [7, 11) is 0. The number of hydrogen-bond acceptors (Lipinski definition) is 4. The molecule has 58 heavy (non-hydrogen) atoms. The molecule has 10 aromatic rings. The standard InChI is InChI=1S/C54H39N3S/c1-6-19-40(20-7-1)41-35-49(56(44-25-12-4-13-26-44)45-27-14-5-15-28-45)38-50(36-41)57(48-33-34-54-52(39-48)51-31-16-17-32-53(51)58-54)47-30-18-29-46(37-47)55(42-21-8-2-9-22-42)43-23-10-3-11-24-43/h1-39H. The van der Waals surface area contributed by atoms with Gasteiger partial charge in [-0.25, -0.2) is 0 Å². The fraction of sp³-hybridized carbons (Fsp3) is 0. The van der Waals surface area contributed by atoms with Crippen molar-refractivity contribution in [1.82, 2.24) is 0 Å². The van der Waals surface area contributed by atoms with Gasteiger partial charge in [-0.15, -0.1) is 11.3 Å². The minimum absolute atomic E-state index is 1.05. The lowest BCUT2D eigenvalue weighted by Crippen LogP contribution is -2.14. The van der Waals surface area contributed by atoms with E-state index in [0.717, 1.165) is 62.3 Å². The fourth-order valence-electron chi connectivity index (χ4n) is 7.92. The van der Waals surface area contributed by atoms with E-state index < -0.39 is 0 Å². The molecule has 0 spiro atoms. The highest BCUT2D eigenvalue weighted by Crippen LogP contribution is 2.46. The number of thiophene rings is 1. The summed E-state index contributed by atoms with van der Waals surface area (Å²) in [6.07, 6.45) is 0. The molecule has 0 aliphatic carbocycles. The molecule has 10 rings (SSSR count). The van der Waals surface area contributed by atoms with Crippen molar-refractivity contribution in [2.75, 3.05) is 14.7 Å². The normalized spacial score (nSPS) is 11.1. The van der Waals surface area contributed by atoms with Crippen molar-refractivity contribution in [3.05, 3.63) is 237 Å². The van der Waals surface area contributed by atoms with Gasteiger partial charge in [0, 0.05) is 71.4 Å². The van der Waals surface area contributed by atoms with Crippen molar-refractivity contribution in [2.24, 2.45) is 0 Å². The van der Waals surface area contributed by atoms with Gasteiger partial charge in [0.2, 0.25) is 0 Å². The molecule has 0 aliphatic heterocycles. The van der Waals surface area contributed by atoms with E-state index in [9.17, 15) is 0 Å². The van der Waals surface area contributed by atoms with Gasteiger partial charge in [0.15, 0.2) is 0 Å². The molecule has 0 saturated heterocycles. The molecule has 276 valence electrons. The van der Waals surface area contributed by atoms with E-state index in [1.807, 2.05) is 11.3 Å². The predicted octanol–water partition coefficient (Wildman–Crippen LogP) is 16.1. The maximum absolute atomic E-state index is 2.42. The number of rotatable bonds is 10. The summed E-state index contributed by atoms with van der Waals surface area (Å²) in [6.45, 7) is 0. The molecule has 0 N–H and O–H groups in total. The Morgan fingerprint density at radius 2 is 0.603 bits per heavy atom. The molecule has 9 aromatic carbocycles. The second-order valence-electron chi connectivity index (χ2n) is 14.3. The van der Waals surface area contributed by atoms with Crippen LogP contribution in [0.2, 0.25) is 0 Å². The van der Waals surface area contributed by atoms with Crippen LogP contribution in [0, 0.1) is 0 Å². The summed E-state index contributed by atoms with van der Waals surface area (Å²) < 4.78 is 2.57. The van der Waals surface area contributed by atoms with Gasteiger partial charge in [0.05, 0.1) is 0 Å². The number of hydrogen-bond donors (Lipinski definition) is 0. The van der Waals surface area contributed by atoms with E-state index in [0.29, 0.717) is 0 Å². The molecular formula is C54H39N3S. The molecule has 0 aliphatic rings. The van der Waals surface area contributed by atoms with Gasteiger partial charge in [0.1, 0.15) is 0 Å². The summed E-state index contributed by atoms with van der Waals surface area (Å²) in [5.41, 5.74) is 12.0. The smallest absolute Gasteiger partial charge is 0.0488 e. The molecule has 0 radical (unpaired) electrons. The van der Waals surface area contributed by atoms with Gasteiger partial charge < -0.3 is 14.7 Å². The highest BCUT2D eigenvalue weighted by atomic mass is 32.1. The second-order valence-corrected chi connectivity index (χ2v) is 15.3. The van der Waals surface area contributed by atoms with Crippen molar-refractivity contribution in [2.45, 2.75) is 0 Å². The lowest BCUT2D eigenvalue weighted by molar-refractivity contribution is 1.24. The molecule has 0 amide bonds. The van der Waals surface area contributed by atoms with Crippen molar-refractivity contribution < 1.29 is 0 Å². The van der Waals surface area contributed by atoms with Crippen LogP contribution < -0.4 is 14.7 Å². The summed E-state index contributed by atoms with van der Waals surface area (Å²) in [6, 6.07) is 84.8. The highest BCUT2D eigenvalue weighted by molar-refractivity contribution is 7.25. The summed E-state index contributed by atoms with van der Waals surface area (Å²) in [4.78, 5) is 7.11. The topological polar surface area (TPSA) is 9.72 Å². The number of fused-ring (bicyclic) bond motifs is 3. The Kier molecular flexibility index (Phi) is 9.44. The van der Waals surface area contributed by atoms with E-state index in [-0.39, 0.29) is 0 Å². The van der Waals surface area contributed by atoms with Crippen LogP contribution in [0.5, 0.6) is 0 Å². The molecular weight excluding hydrogens is 723 g/mol. The van der Waals surface area contributed by atoms with E-state index >= 15 is 0 Å². The van der Waals surface area contributed by atoms with Gasteiger partial charge in [-0.3, -0.25) is 0 Å². The zero-order valence-electron chi connectivity index (χ0n) is 31.8. The lowest BCUT2D eigenvalue weighted by atomic mass is 10.0. The molecule has 0 saturated carbocycles. The van der Waals surface area contributed by atoms with Crippen molar-refractivity contribution >= 4 is 82.7 Å². The van der Waals surface area contributed by atoms with Crippen molar-refractivity contribution in [1.29, 1.82) is 0 Å². The van der Waals surface area contributed by atoms with Gasteiger partial charge >= 0.3 is 0 Å². The number of benzene rings is 9. The monoisotopic (exact) mass is 761 g/mol. The SMILES string of the molecule is c1ccc(-c2cc(N(c3ccccc3)c3ccccc3)cc(N(c3cccc(N(c4ccccc4)c4ccccc4)c3)c3ccc4sc5ccccc5c4c3)c2)cc1.